The lowest BCUT2D eigenvalue weighted by atomic mass is 10.00. The van der Waals surface area contributed by atoms with E-state index in [9.17, 15) is 0 Å². The van der Waals surface area contributed by atoms with Crippen molar-refractivity contribution in [2.45, 2.75) is 78.1 Å². The van der Waals surface area contributed by atoms with Crippen LogP contribution in [0.25, 0.3) is 0 Å². The van der Waals surface area contributed by atoms with Crippen molar-refractivity contribution in [2.75, 3.05) is 0 Å². The van der Waals surface area contributed by atoms with Crippen LogP contribution in [0, 0.1) is 0 Å². The van der Waals surface area contributed by atoms with Crippen LogP contribution < -0.4 is 0 Å². The van der Waals surface area contributed by atoms with Gasteiger partial charge in [0, 0.05) is 0 Å². The molecule has 0 saturated heterocycles. The Morgan fingerprint density at radius 1 is 1.17 bits per heavy atom. The highest BCUT2D eigenvalue weighted by Crippen LogP contribution is 2.31. The smallest absolute Gasteiger partial charge is 0.193 e. The predicted molar refractivity (Wildman–Crippen MR) is 85.5 cm³/mol. The van der Waals surface area contributed by atoms with Gasteiger partial charge in [-0.3, -0.25) is 0 Å². The first-order valence-electron chi connectivity index (χ1n) is 7.34. The topological polar surface area (TPSA) is 9.23 Å². The van der Waals surface area contributed by atoms with E-state index in [1.54, 1.807) is 0 Å². The van der Waals surface area contributed by atoms with Crippen LogP contribution in [0.3, 0.4) is 0 Å². The van der Waals surface area contributed by atoms with Gasteiger partial charge in [0.25, 0.3) is 0 Å². The average Bonchev–Trinajstić information content (AvgIpc) is 2.36. The van der Waals surface area contributed by atoms with Crippen LogP contribution in [0.2, 0.25) is 18.1 Å². The lowest BCUT2D eigenvalue weighted by Crippen LogP contribution is -2.44. The third kappa shape index (κ3) is 5.53. The predicted octanol–water partition coefficient (Wildman–Crippen LogP) is 5.70. The SMILES string of the molecule is C=C[C@@](C)(CCC=C(C)C)O[Si](CC)(CC)CC. The molecule has 0 aliphatic heterocycles. The van der Waals surface area contributed by atoms with Gasteiger partial charge in [-0.25, -0.2) is 0 Å². The summed E-state index contributed by atoms with van der Waals surface area (Å²) in [6, 6.07) is 3.60. The molecule has 106 valence electrons. The Kier molecular flexibility index (Phi) is 7.80. The van der Waals surface area contributed by atoms with E-state index >= 15 is 0 Å². The third-order valence-corrected chi connectivity index (χ3v) is 8.77. The number of allylic oxidation sites excluding steroid dienone is 2. The molecule has 0 aromatic carbocycles. The summed E-state index contributed by atoms with van der Waals surface area (Å²) in [4.78, 5) is 0. The van der Waals surface area contributed by atoms with Crippen LogP contribution >= 0.6 is 0 Å². The number of hydrogen-bond donors (Lipinski definition) is 0. The summed E-state index contributed by atoms with van der Waals surface area (Å²) in [5, 5.41) is 0. The van der Waals surface area contributed by atoms with Crippen LogP contribution in [-0.4, -0.2) is 13.9 Å². The molecule has 1 nitrogen and oxygen atoms in total. The molecule has 1 atom stereocenters. The molecule has 18 heavy (non-hydrogen) atoms. The standard InChI is InChI=1S/C16H32OSi/c1-8-16(7,14-12-13-15(5)6)17-18(9-2,10-3)11-4/h8,13H,1,9-12,14H2,2-7H3/t16-/m0/s1. The van der Waals surface area contributed by atoms with Gasteiger partial charge in [0.1, 0.15) is 0 Å². The fraction of sp³-hybridized carbons (Fsp3) is 0.750. The summed E-state index contributed by atoms with van der Waals surface area (Å²) in [6.45, 7) is 17.3. The Bertz CT molecular complexity index is 267. The molecule has 0 saturated carbocycles. The summed E-state index contributed by atoms with van der Waals surface area (Å²) in [5.41, 5.74) is 1.23. The van der Waals surface area contributed by atoms with Crippen molar-refractivity contribution >= 4 is 8.32 Å². The molecule has 0 aliphatic carbocycles. The minimum absolute atomic E-state index is 0.153. The first-order valence-corrected chi connectivity index (χ1v) is 9.87. The van der Waals surface area contributed by atoms with Crippen LogP contribution in [0.1, 0.15) is 54.4 Å². The Labute approximate surface area is 115 Å². The minimum Gasteiger partial charge on any atom is -0.408 e. The van der Waals surface area contributed by atoms with E-state index in [0.29, 0.717) is 0 Å². The van der Waals surface area contributed by atoms with Gasteiger partial charge in [-0.2, -0.15) is 0 Å². The van der Waals surface area contributed by atoms with E-state index in [-0.39, 0.29) is 5.60 Å². The quantitative estimate of drug-likeness (QED) is 0.385. The van der Waals surface area contributed by atoms with E-state index in [4.69, 9.17) is 4.43 Å². The molecule has 0 aliphatic rings. The maximum Gasteiger partial charge on any atom is 0.193 e. The molecule has 0 unspecified atom stereocenters. The fourth-order valence-electron chi connectivity index (χ4n) is 2.30. The van der Waals surface area contributed by atoms with E-state index in [1.165, 1.54) is 23.7 Å². The summed E-state index contributed by atoms with van der Waals surface area (Å²) in [7, 11) is -1.54. The van der Waals surface area contributed by atoms with Gasteiger partial charge in [0.05, 0.1) is 5.60 Å². The second kappa shape index (κ2) is 7.95. The second-order valence-corrected chi connectivity index (χ2v) is 10.4. The Hall–Kier alpha value is -0.343. The molecule has 0 heterocycles. The second-order valence-electron chi connectivity index (χ2n) is 5.68. The minimum atomic E-state index is -1.54. The zero-order valence-electron chi connectivity index (χ0n) is 13.3. The van der Waals surface area contributed by atoms with Crippen molar-refractivity contribution in [3.63, 3.8) is 0 Å². The van der Waals surface area contributed by atoms with Crippen molar-refractivity contribution in [2.24, 2.45) is 0 Å². The normalized spacial score (nSPS) is 15.0. The monoisotopic (exact) mass is 268 g/mol. The lowest BCUT2D eigenvalue weighted by molar-refractivity contribution is 0.117. The van der Waals surface area contributed by atoms with Crippen molar-refractivity contribution in [1.29, 1.82) is 0 Å². The van der Waals surface area contributed by atoms with Gasteiger partial charge in [0.2, 0.25) is 0 Å². The van der Waals surface area contributed by atoms with Crippen LogP contribution in [0.4, 0.5) is 0 Å². The molecule has 0 amide bonds. The van der Waals surface area contributed by atoms with Gasteiger partial charge >= 0.3 is 0 Å². The Morgan fingerprint density at radius 2 is 1.67 bits per heavy atom. The molecule has 0 radical (unpaired) electrons. The zero-order chi connectivity index (χ0) is 14.2. The summed E-state index contributed by atoms with van der Waals surface area (Å²) < 4.78 is 6.60. The largest absolute Gasteiger partial charge is 0.408 e. The molecule has 0 spiro atoms. The first-order chi connectivity index (χ1) is 8.37. The van der Waals surface area contributed by atoms with Gasteiger partial charge in [-0.05, 0) is 51.7 Å². The maximum atomic E-state index is 6.60. The molecule has 0 rings (SSSR count). The molecule has 0 fully saturated rings. The average molecular weight is 269 g/mol. The Balaban J connectivity index is 4.73. The molecule has 0 bridgehead atoms. The van der Waals surface area contributed by atoms with Gasteiger partial charge in [0.15, 0.2) is 8.32 Å². The number of rotatable bonds is 9. The van der Waals surface area contributed by atoms with Crippen molar-refractivity contribution in [3.8, 4) is 0 Å². The fourth-order valence-corrected chi connectivity index (χ4v) is 5.41. The van der Waals surface area contributed by atoms with Crippen molar-refractivity contribution < 1.29 is 4.43 Å². The summed E-state index contributed by atoms with van der Waals surface area (Å²) in [6.07, 6.45) is 6.41. The van der Waals surface area contributed by atoms with E-state index < -0.39 is 8.32 Å². The lowest BCUT2D eigenvalue weighted by Gasteiger charge is -2.38. The van der Waals surface area contributed by atoms with Crippen LogP contribution in [-0.2, 0) is 4.43 Å². The molecule has 0 N–H and O–H groups in total. The van der Waals surface area contributed by atoms with E-state index in [0.717, 1.165) is 12.8 Å². The third-order valence-electron chi connectivity index (χ3n) is 4.01. The first kappa shape index (κ1) is 17.7. The molecule has 0 aromatic heterocycles. The summed E-state index contributed by atoms with van der Waals surface area (Å²) >= 11 is 0. The Morgan fingerprint density at radius 3 is 2.00 bits per heavy atom. The van der Waals surface area contributed by atoms with Gasteiger partial charge in [-0.15, -0.1) is 6.58 Å². The van der Waals surface area contributed by atoms with Crippen molar-refractivity contribution in [3.05, 3.63) is 24.3 Å². The van der Waals surface area contributed by atoms with E-state index in [1.807, 2.05) is 6.08 Å². The number of hydrogen-bond acceptors (Lipinski definition) is 1. The van der Waals surface area contributed by atoms with E-state index in [2.05, 4.69) is 54.2 Å². The molecule has 0 aromatic rings. The van der Waals surface area contributed by atoms with Crippen LogP contribution in [0.15, 0.2) is 24.3 Å². The maximum absolute atomic E-state index is 6.60. The summed E-state index contributed by atoms with van der Waals surface area (Å²) in [5.74, 6) is 0. The molecular formula is C16H32OSi. The van der Waals surface area contributed by atoms with Crippen LogP contribution in [0.5, 0.6) is 0 Å². The molecular weight excluding hydrogens is 236 g/mol. The zero-order valence-corrected chi connectivity index (χ0v) is 14.3. The highest BCUT2D eigenvalue weighted by molar-refractivity contribution is 6.73. The highest BCUT2D eigenvalue weighted by atomic mass is 28.4. The highest BCUT2D eigenvalue weighted by Gasteiger charge is 2.35. The van der Waals surface area contributed by atoms with Gasteiger partial charge in [-0.1, -0.05) is 38.5 Å². The molecule has 2 heteroatoms. The van der Waals surface area contributed by atoms with Gasteiger partial charge < -0.3 is 4.43 Å². The van der Waals surface area contributed by atoms with Crippen molar-refractivity contribution in [1.82, 2.24) is 0 Å².